The normalized spacial score (nSPS) is 11.5. The number of halogens is 3. The van der Waals surface area contributed by atoms with Gasteiger partial charge in [0.25, 0.3) is 0 Å². The summed E-state index contributed by atoms with van der Waals surface area (Å²) in [6.45, 7) is -0.00292. The molecule has 0 bridgehead atoms. The molecule has 0 unspecified atom stereocenters. The smallest absolute Gasteiger partial charge is 0.433 e. The van der Waals surface area contributed by atoms with Gasteiger partial charge in [-0.05, 0) is 42.0 Å². The molecule has 0 aliphatic heterocycles. The molecule has 6 nitrogen and oxygen atoms in total. The van der Waals surface area contributed by atoms with Gasteiger partial charge in [0.05, 0.1) is 5.52 Å². The van der Waals surface area contributed by atoms with Gasteiger partial charge < -0.3 is 19.9 Å². The van der Waals surface area contributed by atoms with E-state index in [1.807, 2.05) is 36.4 Å². The first-order valence-corrected chi connectivity index (χ1v) is 10.1. The maximum atomic E-state index is 13.2. The number of carbonyl (C=O) groups excluding carboxylic acids is 1. The van der Waals surface area contributed by atoms with Gasteiger partial charge in [-0.15, -0.1) is 0 Å². The predicted molar refractivity (Wildman–Crippen MR) is 119 cm³/mol. The lowest BCUT2D eigenvalue weighted by atomic mass is 10.2. The van der Waals surface area contributed by atoms with E-state index in [1.54, 1.807) is 40.9 Å². The summed E-state index contributed by atoms with van der Waals surface area (Å²) in [6, 6.07) is 18.4. The van der Waals surface area contributed by atoms with Gasteiger partial charge in [-0.1, -0.05) is 24.3 Å². The summed E-state index contributed by atoms with van der Waals surface area (Å²) >= 11 is 0. The molecule has 0 saturated heterocycles. The number of pyridine rings is 1. The number of aromatic nitrogens is 2. The number of hydrogen-bond acceptors (Lipinski definition) is 4. The van der Waals surface area contributed by atoms with Crippen LogP contribution in [0.25, 0.3) is 10.9 Å². The third-order valence-electron chi connectivity index (χ3n) is 5.20. The molecule has 2 N–H and O–H groups in total. The lowest BCUT2D eigenvalue weighted by Gasteiger charge is -2.18. The molecule has 2 aromatic heterocycles. The summed E-state index contributed by atoms with van der Waals surface area (Å²) in [7, 11) is 1.70. The van der Waals surface area contributed by atoms with Crippen LogP contribution in [0.5, 0.6) is 11.6 Å². The average molecular weight is 454 g/mol. The van der Waals surface area contributed by atoms with Crippen molar-refractivity contribution in [3.8, 4) is 11.6 Å². The first-order chi connectivity index (χ1) is 15.8. The van der Waals surface area contributed by atoms with Gasteiger partial charge in [-0.3, -0.25) is 4.79 Å². The van der Waals surface area contributed by atoms with Crippen LogP contribution >= 0.6 is 0 Å². The molecule has 33 heavy (non-hydrogen) atoms. The Morgan fingerprint density at radius 2 is 1.85 bits per heavy atom. The largest absolute Gasteiger partial charge is 0.438 e. The number of anilines is 1. The van der Waals surface area contributed by atoms with Gasteiger partial charge in [0.15, 0.2) is 0 Å². The monoisotopic (exact) mass is 454 g/mol. The Bertz CT molecular complexity index is 1290. The standard InChI is InChI=1S/C24H21F3N4O2/c1-30(17-6-3-2-4-7-17)23(32)15-31-11-10-18-19(31)8-5-9-20(18)33-22-13-16(14-28)12-21(29-22)24(25,26)27/h2-13H,14-15,28H2,1H3. The molecule has 4 rings (SSSR count). The lowest BCUT2D eigenvalue weighted by Crippen LogP contribution is -2.29. The first-order valence-electron chi connectivity index (χ1n) is 10.1. The molecule has 0 aliphatic carbocycles. The van der Waals surface area contributed by atoms with Crippen LogP contribution in [0.1, 0.15) is 11.3 Å². The summed E-state index contributed by atoms with van der Waals surface area (Å²) in [4.78, 5) is 17.9. The number of hydrogen-bond donors (Lipinski definition) is 1. The second-order valence-electron chi connectivity index (χ2n) is 7.42. The van der Waals surface area contributed by atoms with Crippen LogP contribution in [0.2, 0.25) is 0 Å². The van der Waals surface area contributed by atoms with Crippen molar-refractivity contribution in [3.05, 3.63) is 84.2 Å². The zero-order chi connectivity index (χ0) is 23.6. The molecule has 0 radical (unpaired) electrons. The summed E-state index contributed by atoms with van der Waals surface area (Å²) in [5.41, 5.74) is 6.20. The van der Waals surface area contributed by atoms with Crippen molar-refractivity contribution in [3.63, 3.8) is 0 Å². The van der Waals surface area contributed by atoms with Crippen LogP contribution in [0, 0.1) is 0 Å². The SMILES string of the molecule is CN(C(=O)Cn1ccc2c(Oc3cc(CN)cc(C(F)(F)F)n3)cccc21)c1ccccc1. The van der Waals surface area contributed by atoms with E-state index in [4.69, 9.17) is 10.5 Å². The van der Waals surface area contributed by atoms with Crippen molar-refractivity contribution in [2.75, 3.05) is 11.9 Å². The van der Waals surface area contributed by atoms with Crippen molar-refractivity contribution in [2.24, 2.45) is 5.73 Å². The Hall–Kier alpha value is -3.85. The zero-order valence-corrected chi connectivity index (χ0v) is 17.7. The second kappa shape index (κ2) is 8.95. The topological polar surface area (TPSA) is 73.4 Å². The molecule has 0 fully saturated rings. The number of benzene rings is 2. The molecular weight excluding hydrogens is 433 g/mol. The highest BCUT2D eigenvalue weighted by molar-refractivity contribution is 5.94. The van der Waals surface area contributed by atoms with E-state index in [2.05, 4.69) is 4.98 Å². The number of ether oxygens (including phenoxy) is 1. The summed E-state index contributed by atoms with van der Waals surface area (Å²) in [5, 5.41) is 0.640. The van der Waals surface area contributed by atoms with Gasteiger partial charge in [0.1, 0.15) is 18.0 Å². The van der Waals surface area contributed by atoms with E-state index >= 15 is 0 Å². The van der Waals surface area contributed by atoms with Crippen molar-refractivity contribution in [1.29, 1.82) is 0 Å². The maximum absolute atomic E-state index is 13.2. The number of likely N-dealkylation sites (N-methyl/N-ethyl adjacent to an activating group) is 1. The number of nitrogens with zero attached hydrogens (tertiary/aromatic N) is 3. The van der Waals surface area contributed by atoms with Gasteiger partial charge in [0.2, 0.25) is 11.8 Å². The fourth-order valence-corrected chi connectivity index (χ4v) is 3.46. The van der Waals surface area contributed by atoms with Crippen molar-refractivity contribution < 1.29 is 22.7 Å². The molecule has 170 valence electrons. The summed E-state index contributed by atoms with van der Waals surface area (Å²) in [5.74, 6) is -0.00697. The molecule has 0 spiro atoms. The summed E-state index contributed by atoms with van der Waals surface area (Å²) < 4.78 is 47.1. The zero-order valence-electron chi connectivity index (χ0n) is 17.7. The fourth-order valence-electron chi connectivity index (χ4n) is 3.46. The van der Waals surface area contributed by atoms with Crippen LogP contribution in [0.15, 0.2) is 72.9 Å². The number of amides is 1. The van der Waals surface area contributed by atoms with E-state index < -0.39 is 11.9 Å². The van der Waals surface area contributed by atoms with Crippen LogP contribution in [0.3, 0.4) is 0 Å². The van der Waals surface area contributed by atoms with E-state index in [9.17, 15) is 18.0 Å². The van der Waals surface area contributed by atoms with Gasteiger partial charge >= 0.3 is 6.18 Å². The number of para-hydroxylation sites is 1. The third-order valence-corrected chi connectivity index (χ3v) is 5.20. The van der Waals surface area contributed by atoms with E-state index in [1.165, 1.54) is 6.07 Å². The molecule has 2 heterocycles. The molecule has 4 aromatic rings. The molecule has 0 aliphatic rings. The average Bonchev–Trinajstić information content (AvgIpc) is 3.22. The number of alkyl halides is 3. The summed E-state index contributed by atoms with van der Waals surface area (Å²) in [6.07, 6.45) is -2.89. The second-order valence-corrected chi connectivity index (χ2v) is 7.42. The number of nitrogens with two attached hydrogens (primary N) is 1. The van der Waals surface area contributed by atoms with Crippen LogP contribution in [-0.4, -0.2) is 22.5 Å². The Morgan fingerprint density at radius 1 is 1.09 bits per heavy atom. The van der Waals surface area contributed by atoms with Crippen LogP contribution in [-0.2, 0) is 24.1 Å². The minimum absolute atomic E-state index is 0.0808. The van der Waals surface area contributed by atoms with E-state index in [0.29, 0.717) is 16.7 Å². The lowest BCUT2D eigenvalue weighted by molar-refractivity contribution is -0.141. The maximum Gasteiger partial charge on any atom is 0.433 e. The molecule has 0 atom stereocenters. The first kappa shape index (κ1) is 22.3. The highest BCUT2D eigenvalue weighted by Crippen LogP contribution is 2.34. The van der Waals surface area contributed by atoms with Crippen LogP contribution < -0.4 is 15.4 Å². The Balaban J connectivity index is 1.61. The van der Waals surface area contributed by atoms with Crippen LogP contribution in [0.4, 0.5) is 18.9 Å². The minimum atomic E-state index is -4.62. The quantitative estimate of drug-likeness (QED) is 0.447. The van der Waals surface area contributed by atoms with E-state index in [0.717, 1.165) is 11.8 Å². The molecule has 2 aromatic carbocycles. The molecule has 9 heteroatoms. The van der Waals surface area contributed by atoms with E-state index in [-0.39, 0.29) is 30.4 Å². The third kappa shape index (κ3) is 4.83. The van der Waals surface area contributed by atoms with Gasteiger partial charge in [-0.2, -0.15) is 13.2 Å². The van der Waals surface area contributed by atoms with Crippen molar-refractivity contribution in [1.82, 2.24) is 9.55 Å². The Kier molecular flexibility index (Phi) is 6.06. The van der Waals surface area contributed by atoms with Crippen molar-refractivity contribution >= 4 is 22.5 Å². The Labute approximate surface area is 188 Å². The molecule has 0 saturated carbocycles. The number of rotatable bonds is 6. The minimum Gasteiger partial charge on any atom is -0.438 e. The fraction of sp³-hybridized carbons (Fsp3) is 0.167. The molecule has 1 amide bonds. The van der Waals surface area contributed by atoms with Crippen molar-refractivity contribution in [2.45, 2.75) is 19.3 Å². The highest BCUT2D eigenvalue weighted by atomic mass is 19.4. The van der Waals surface area contributed by atoms with Gasteiger partial charge in [-0.25, -0.2) is 4.98 Å². The Morgan fingerprint density at radius 3 is 2.55 bits per heavy atom. The predicted octanol–water partition coefficient (Wildman–Crippen LogP) is 4.97. The number of fused-ring (bicyclic) bond motifs is 1. The highest BCUT2D eigenvalue weighted by Gasteiger charge is 2.33. The number of carbonyl (C=O) groups is 1. The van der Waals surface area contributed by atoms with Gasteiger partial charge in [0, 0.05) is 36.9 Å². The molecular formula is C24H21F3N4O2.